The summed E-state index contributed by atoms with van der Waals surface area (Å²) in [7, 11) is 0. The number of thioether (sulfide) groups is 1. The molecular formula is C10H12N4S2. The molecular weight excluding hydrogens is 240 g/mol. The lowest BCUT2D eigenvalue weighted by molar-refractivity contribution is 0.824. The molecule has 0 bridgehead atoms. The number of nitrogens with one attached hydrogen (secondary N) is 2. The van der Waals surface area contributed by atoms with Crippen molar-refractivity contribution in [3.63, 3.8) is 0 Å². The van der Waals surface area contributed by atoms with E-state index in [9.17, 15) is 0 Å². The standard InChI is InChI=1S/C10H12N4S2/c1-16-9-4-2-8(3-5-9)6-12-14-7-11-13-10(14)15/h2-5,7,12H,6H2,1H3,(H,13,15). The van der Waals surface area contributed by atoms with E-state index in [0.717, 1.165) is 6.54 Å². The molecule has 0 aliphatic heterocycles. The number of aromatic nitrogens is 3. The first-order valence-corrected chi connectivity index (χ1v) is 6.42. The summed E-state index contributed by atoms with van der Waals surface area (Å²) in [4.78, 5) is 1.27. The zero-order valence-corrected chi connectivity index (χ0v) is 10.4. The topological polar surface area (TPSA) is 45.6 Å². The number of rotatable bonds is 4. The van der Waals surface area contributed by atoms with E-state index in [1.165, 1.54) is 10.5 Å². The van der Waals surface area contributed by atoms with E-state index in [0.29, 0.717) is 4.77 Å². The van der Waals surface area contributed by atoms with E-state index in [-0.39, 0.29) is 0 Å². The Labute approximate surface area is 103 Å². The van der Waals surface area contributed by atoms with Crippen molar-refractivity contribution in [1.82, 2.24) is 14.9 Å². The molecule has 0 aliphatic carbocycles. The Hall–Kier alpha value is -1.27. The summed E-state index contributed by atoms with van der Waals surface area (Å²) in [5.74, 6) is 0. The van der Waals surface area contributed by atoms with Gasteiger partial charge >= 0.3 is 0 Å². The van der Waals surface area contributed by atoms with Crippen molar-refractivity contribution in [2.45, 2.75) is 11.4 Å². The summed E-state index contributed by atoms with van der Waals surface area (Å²) < 4.78 is 2.26. The van der Waals surface area contributed by atoms with Gasteiger partial charge in [0.1, 0.15) is 6.33 Å². The van der Waals surface area contributed by atoms with Crippen LogP contribution in [0.5, 0.6) is 0 Å². The highest BCUT2D eigenvalue weighted by atomic mass is 32.2. The summed E-state index contributed by atoms with van der Waals surface area (Å²) >= 11 is 6.76. The van der Waals surface area contributed by atoms with Crippen LogP contribution >= 0.6 is 24.0 Å². The Bertz CT molecular complexity index is 500. The van der Waals surface area contributed by atoms with E-state index in [2.05, 4.69) is 46.1 Å². The molecule has 0 aliphatic rings. The molecule has 0 saturated heterocycles. The summed E-state index contributed by atoms with van der Waals surface area (Å²) in [6, 6.07) is 8.41. The Morgan fingerprint density at radius 2 is 2.19 bits per heavy atom. The van der Waals surface area contributed by atoms with Crippen molar-refractivity contribution in [2.24, 2.45) is 0 Å². The minimum absolute atomic E-state index is 0.570. The van der Waals surface area contributed by atoms with Gasteiger partial charge in [-0.3, -0.25) is 5.10 Å². The fourth-order valence-electron chi connectivity index (χ4n) is 1.28. The molecule has 2 aromatic rings. The van der Waals surface area contributed by atoms with Crippen molar-refractivity contribution in [1.29, 1.82) is 0 Å². The van der Waals surface area contributed by atoms with Crippen molar-refractivity contribution in [3.8, 4) is 0 Å². The van der Waals surface area contributed by atoms with Crippen molar-refractivity contribution in [3.05, 3.63) is 40.9 Å². The molecule has 2 rings (SSSR count). The van der Waals surface area contributed by atoms with Gasteiger partial charge in [-0.25, -0.2) is 4.68 Å². The minimum Gasteiger partial charge on any atom is -0.318 e. The monoisotopic (exact) mass is 252 g/mol. The highest BCUT2D eigenvalue weighted by Gasteiger charge is 1.95. The Morgan fingerprint density at radius 1 is 1.44 bits per heavy atom. The maximum atomic E-state index is 5.02. The van der Waals surface area contributed by atoms with Crippen LogP contribution in [0.1, 0.15) is 5.56 Å². The molecule has 0 radical (unpaired) electrons. The average Bonchev–Trinajstić information content (AvgIpc) is 2.73. The highest BCUT2D eigenvalue weighted by molar-refractivity contribution is 7.98. The third-order valence-corrected chi connectivity index (χ3v) is 3.20. The van der Waals surface area contributed by atoms with E-state index in [1.54, 1.807) is 22.8 Å². The van der Waals surface area contributed by atoms with E-state index in [1.807, 2.05) is 0 Å². The zero-order valence-electron chi connectivity index (χ0n) is 8.80. The fraction of sp³-hybridized carbons (Fsp3) is 0.200. The Morgan fingerprint density at radius 3 is 2.75 bits per heavy atom. The molecule has 0 saturated carbocycles. The van der Waals surface area contributed by atoms with Gasteiger partial charge in [0.25, 0.3) is 0 Å². The zero-order chi connectivity index (χ0) is 11.4. The Kier molecular flexibility index (Phi) is 3.63. The highest BCUT2D eigenvalue weighted by Crippen LogP contribution is 2.14. The molecule has 4 nitrogen and oxygen atoms in total. The second-order valence-corrected chi connectivity index (χ2v) is 4.48. The van der Waals surface area contributed by atoms with E-state index >= 15 is 0 Å². The number of benzene rings is 1. The fourth-order valence-corrected chi connectivity index (χ4v) is 1.85. The molecule has 1 aromatic heterocycles. The van der Waals surface area contributed by atoms with Crippen LogP contribution in [0.15, 0.2) is 35.5 Å². The van der Waals surface area contributed by atoms with Crippen LogP contribution in [0.3, 0.4) is 0 Å². The largest absolute Gasteiger partial charge is 0.318 e. The molecule has 0 atom stereocenters. The van der Waals surface area contributed by atoms with Gasteiger partial charge in [0.2, 0.25) is 4.77 Å². The van der Waals surface area contributed by atoms with Gasteiger partial charge in [0, 0.05) is 4.90 Å². The second kappa shape index (κ2) is 5.18. The van der Waals surface area contributed by atoms with Crippen LogP contribution in [0.4, 0.5) is 0 Å². The summed E-state index contributed by atoms with van der Waals surface area (Å²) in [5, 5.41) is 6.51. The lowest BCUT2D eigenvalue weighted by Gasteiger charge is -2.06. The lowest BCUT2D eigenvalue weighted by atomic mass is 10.2. The van der Waals surface area contributed by atoms with Gasteiger partial charge in [0.05, 0.1) is 6.54 Å². The van der Waals surface area contributed by atoms with Crippen LogP contribution in [0.25, 0.3) is 0 Å². The first-order chi connectivity index (χ1) is 7.79. The van der Waals surface area contributed by atoms with Gasteiger partial charge in [-0.05, 0) is 36.2 Å². The number of nitrogens with zero attached hydrogens (tertiary/aromatic N) is 2. The predicted octanol–water partition coefficient (Wildman–Crippen LogP) is 2.41. The van der Waals surface area contributed by atoms with Gasteiger partial charge in [-0.1, -0.05) is 12.1 Å². The summed E-state index contributed by atoms with van der Waals surface area (Å²) in [6.45, 7) is 0.725. The van der Waals surface area contributed by atoms with E-state index in [4.69, 9.17) is 12.2 Å². The smallest absolute Gasteiger partial charge is 0.214 e. The molecule has 0 unspecified atom stereocenters. The normalized spacial score (nSPS) is 10.3. The first-order valence-electron chi connectivity index (χ1n) is 4.78. The maximum Gasteiger partial charge on any atom is 0.214 e. The van der Waals surface area contributed by atoms with Crippen LogP contribution < -0.4 is 5.43 Å². The van der Waals surface area contributed by atoms with Gasteiger partial charge in [-0.2, -0.15) is 5.10 Å². The molecule has 0 spiro atoms. The lowest BCUT2D eigenvalue weighted by Crippen LogP contribution is -2.13. The maximum absolute atomic E-state index is 5.02. The van der Waals surface area contributed by atoms with Crippen LogP contribution in [-0.2, 0) is 6.54 Å². The molecule has 0 amide bonds. The van der Waals surface area contributed by atoms with Crippen LogP contribution in [-0.4, -0.2) is 21.1 Å². The van der Waals surface area contributed by atoms with Gasteiger partial charge < -0.3 is 5.43 Å². The molecule has 84 valence electrons. The van der Waals surface area contributed by atoms with E-state index < -0.39 is 0 Å². The van der Waals surface area contributed by atoms with Gasteiger partial charge in [0.15, 0.2) is 0 Å². The van der Waals surface area contributed by atoms with Crippen molar-refractivity contribution >= 4 is 24.0 Å². The van der Waals surface area contributed by atoms with Gasteiger partial charge in [-0.15, -0.1) is 11.8 Å². The molecule has 6 heteroatoms. The molecule has 0 fully saturated rings. The predicted molar refractivity (Wildman–Crippen MR) is 68.7 cm³/mol. The summed E-state index contributed by atoms with van der Waals surface area (Å²) in [6.07, 6.45) is 3.69. The number of aromatic amines is 1. The first kappa shape index (κ1) is 11.2. The SMILES string of the molecule is CSc1ccc(CNn2cn[nH]c2=S)cc1. The third kappa shape index (κ3) is 2.65. The molecule has 1 heterocycles. The number of hydrogen-bond acceptors (Lipinski definition) is 4. The Balaban J connectivity index is 2.00. The molecule has 2 N–H and O–H groups in total. The number of hydrogen-bond donors (Lipinski definition) is 2. The van der Waals surface area contributed by atoms with Crippen LogP contribution in [0, 0.1) is 4.77 Å². The molecule has 16 heavy (non-hydrogen) atoms. The van der Waals surface area contributed by atoms with Crippen LogP contribution in [0.2, 0.25) is 0 Å². The van der Waals surface area contributed by atoms with Crippen molar-refractivity contribution in [2.75, 3.05) is 11.7 Å². The second-order valence-electron chi connectivity index (χ2n) is 3.21. The third-order valence-electron chi connectivity index (χ3n) is 2.16. The molecule has 1 aromatic carbocycles. The average molecular weight is 252 g/mol. The number of H-pyrrole nitrogens is 1. The quantitative estimate of drug-likeness (QED) is 0.648. The van der Waals surface area contributed by atoms with Crippen molar-refractivity contribution < 1.29 is 0 Å². The summed E-state index contributed by atoms with van der Waals surface area (Å²) in [5.41, 5.74) is 4.37. The minimum atomic E-state index is 0.570.